The Labute approximate surface area is 114 Å². The third kappa shape index (κ3) is 2.68. The highest BCUT2D eigenvalue weighted by atomic mass is 16.1. The van der Waals surface area contributed by atoms with Crippen LogP contribution in [-0.2, 0) is 0 Å². The highest BCUT2D eigenvalue weighted by Gasteiger charge is 2.15. The zero-order valence-corrected chi connectivity index (χ0v) is 11.6. The zero-order chi connectivity index (χ0) is 14.0. The van der Waals surface area contributed by atoms with E-state index in [0.717, 1.165) is 11.1 Å². The molecule has 2 nitrogen and oxygen atoms in total. The summed E-state index contributed by atoms with van der Waals surface area (Å²) in [5, 5.41) is 0. The molecule has 19 heavy (non-hydrogen) atoms. The summed E-state index contributed by atoms with van der Waals surface area (Å²) >= 11 is 0. The topological polar surface area (TPSA) is 43.1 Å². The number of carbonyl (C=O) groups excluding carboxylic acids is 1. The van der Waals surface area contributed by atoms with Crippen molar-refractivity contribution >= 4 is 11.5 Å². The van der Waals surface area contributed by atoms with Gasteiger partial charge in [-0.2, -0.15) is 0 Å². The first-order valence-electron chi connectivity index (χ1n) is 6.50. The van der Waals surface area contributed by atoms with Crippen LogP contribution in [0.15, 0.2) is 42.5 Å². The van der Waals surface area contributed by atoms with Crippen molar-refractivity contribution in [2.75, 3.05) is 5.73 Å². The van der Waals surface area contributed by atoms with E-state index in [1.165, 1.54) is 0 Å². The quantitative estimate of drug-likeness (QED) is 0.665. The molecule has 0 unspecified atom stereocenters. The molecule has 0 saturated heterocycles. The largest absolute Gasteiger partial charge is 0.398 e. The Balaban J connectivity index is 2.48. The first kappa shape index (κ1) is 13.3. The third-order valence-electron chi connectivity index (χ3n) is 3.29. The van der Waals surface area contributed by atoms with Gasteiger partial charge < -0.3 is 5.73 Å². The predicted octanol–water partition coefficient (Wildman–Crippen LogP) is 3.93. The summed E-state index contributed by atoms with van der Waals surface area (Å²) in [5.74, 6) is 0.300. The van der Waals surface area contributed by atoms with Crippen LogP contribution in [0, 0.1) is 6.92 Å². The van der Waals surface area contributed by atoms with Gasteiger partial charge in [0.2, 0.25) is 0 Å². The van der Waals surface area contributed by atoms with Crippen molar-refractivity contribution in [1.29, 1.82) is 0 Å². The summed E-state index contributed by atoms with van der Waals surface area (Å²) in [6.07, 6.45) is 0. The summed E-state index contributed by atoms with van der Waals surface area (Å²) in [4.78, 5) is 12.5. The zero-order valence-electron chi connectivity index (χ0n) is 11.6. The van der Waals surface area contributed by atoms with Crippen molar-refractivity contribution in [3.05, 3.63) is 64.7 Å². The van der Waals surface area contributed by atoms with Crippen LogP contribution in [0.25, 0.3) is 0 Å². The molecule has 2 N–H and O–H groups in total. The highest BCUT2D eigenvalue weighted by Crippen LogP contribution is 2.26. The van der Waals surface area contributed by atoms with Gasteiger partial charge in [0.05, 0.1) is 0 Å². The molecule has 0 aliphatic carbocycles. The fourth-order valence-electron chi connectivity index (χ4n) is 2.23. The van der Waals surface area contributed by atoms with Crippen LogP contribution in [-0.4, -0.2) is 5.78 Å². The lowest BCUT2D eigenvalue weighted by Crippen LogP contribution is -2.08. The van der Waals surface area contributed by atoms with E-state index in [2.05, 4.69) is 13.8 Å². The van der Waals surface area contributed by atoms with Crippen molar-refractivity contribution in [1.82, 2.24) is 0 Å². The Morgan fingerprint density at radius 2 is 1.79 bits per heavy atom. The summed E-state index contributed by atoms with van der Waals surface area (Å²) in [6.45, 7) is 6.13. The molecule has 98 valence electrons. The van der Waals surface area contributed by atoms with Gasteiger partial charge in [0.1, 0.15) is 0 Å². The molecule has 2 aromatic rings. The molecule has 2 rings (SSSR count). The van der Waals surface area contributed by atoms with Crippen molar-refractivity contribution < 1.29 is 4.79 Å². The smallest absolute Gasteiger partial charge is 0.195 e. The van der Waals surface area contributed by atoms with E-state index in [9.17, 15) is 4.79 Å². The van der Waals surface area contributed by atoms with E-state index >= 15 is 0 Å². The maximum Gasteiger partial charge on any atom is 0.195 e. The second-order valence-electron chi connectivity index (χ2n) is 5.16. The maximum atomic E-state index is 12.5. The second-order valence-corrected chi connectivity index (χ2v) is 5.16. The number of benzene rings is 2. The second kappa shape index (κ2) is 5.27. The number of nitrogen functional groups attached to an aromatic ring is 1. The molecule has 0 amide bonds. The summed E-state index contributed by atoms with van der Waals surface area (Å²) in [7, 11) is 0. The summed E-state index contributed by atoms with van der Waals surface area (Å²) < 4.78 is 0. The van der Waals surface area contributed by atoms with Crippen LogP contribution < -0.4 is 5.73 Å². The minimum Gasteiger partial charge on any atom is -0.398 e. The predicted molar refractivity (Wildman–Crippen MR) is 79.6 cm³/mol. The van der Waals surface area contributed by atoms with Crippen LogP contribution in [0.1, 0.15) is 46.8 Å². The Hall–Kier alpha value is -2.09. The minimum atomic E-state index is -0.0105. The van der Waals surface area contributed by atoms with E-state index in [1.54, 1.807) is 6.07 Å². The Bertz CT molecular complexity index is 614. The van der Waals surface area contributed by atoms with Gasteiger partial charge in [0.25, 0.3) is 0 Å². The normalized spacial score (nSPS) is 10.7. The number of para-hydroxylation sites is 1. The molecule has 0 aliphatic heterocycles. The molecule has 0 saturated carbocycles. The molecular weight excluding hydrogens is 234 g/mol. The van der Waals surface area contributed by atoms with Crippen LogP contribution >= 0.6 is 0 Å². The number of rotatable bonds is 3. The number of nitrogens with two attached hydrogens (primary N) is 1. The Morgan fingerprint density at radius 1 is 1.11 bits per heavy atom. The number of anilines is 1. The Kier molecular flexibility index (Phi) is 3.70. The average Bonchev–Trinajstić information content (AvgIpc) is 2.38. The minimum absolute atomic E-state index is 0.0105. The number of ketones is 1. The summed E-state index contributed by atoms with van der Waals surface area (Å²) in [6, 6.07) is 13.3. The molecule has 0 aliphatic rings. The van der Waals surface area contributed by atoms with Gasteiger partial charge >= 0.3 is 0 Å². The van der Waals surface area contributed by atoms with E-state index in [0.29, 0.717) is 22.7 Å². The van der Waals surface area contributed by atoms with Crippen LogP contribution in [0.4, 0.5) is 5.69 Å². The van der Waals surface area contributed by atoms with Gasteiger partial charge in [0, 0.05) is 16.8 Å². The molecule has 0 fully saturated rings. The molecule has 2 aromatic carbocycles. The Morgan fingerprint density at radius 3 is 2.42 bits per heavy atom. The number of carbonyl (C=O) groups is 1. The molecule has 0 bridgehead atoms. The van der Waals surface area contributed by atoms with Crippen LogP contribution in [0.2, 0.25) is 0 Å². The van der Waals surface area contributed by atoms with E-state index in [1.807, 2.05) is 43.3 Å². The van der Waals surface area contributed by atoms with Crippen molar-refractivity contribution in [3.63, 3.8) is 0 Å². The lowest BCUT2D eigenvalue weighted by atomic mass is 9.94. The fourth-order valence-corrected chi connectivity index (χ4v) is 2.23. The average molecular weight is 253 g/mol. The van der Waals surface area contributed by atoms with Crippen molar-refractivity contribution in [2.24, 2.45) is 0 Å². The van der Waals surface area contributed by atoms with Crippen molar-refractivity contribution in [2.45, 2.75) is 26.7 Å². The monoisotopic (exact) mass is 253 g/mol. The SMILES string of the molecule is Cc1cccc(C(=O)c2cccc(C(C)C)c2N)c1. The van der Waals surface area contributed by atoms with Gasteiger partial charge in [0.15, 0.2) is 5.78 Å². The fraction of sp³-hybridized carbons (Fsp3) is 0.235. The summed E-state index contributed by atoms with van der Waals surface area (Å²) in [5.41, 5.74) is 10.1. The molecule has 2 heteroatoms. The van der Waals surface area contributed by atoms with E-state index in [4.69, 9.17) is 5.73 Å². The molecule has 0 atom stereocenters. The standard InChI is InChI=1S/C17H19NO/c1-11(2)14-8-5-9-15(16(14)18)17(19)13-7-4-6-12(3)10-13/h4-11H,18H2,1-3H3. The van der Waals surface area contributed by atoms with Gasteiger partial charge in [-0.15, -0.1) is 0 Å². The number of aryl methyl sites for hydroxylation is 1. The molecule has 0 heterocycles. The maximum absolute atomic E-state index is 12.5. The molecule has 0 spiro atoms. The number of hydrogen-bond donors (Lipinski definition) is 1. The van der Waals surface area contributed by atoms with Gasteiger partial charge in [-0.05, 0) is 30.5 Å². The molecule has 0 aromatic heterocycles. The number of hydrogen-bond acceptors (Lipinski definition) is 2. The first-order chi connectivity index (χ1) is 9.00. The van der Waals surface area contributed by atoms with Gasteiger partial charge in [-0.3, -0.25) is 4.79 Å². The molecular formula is C17H19NO. The van der Waals surface area contributed by atoms with E-state index < -0.39 is 0 Å². The lowest BCUT2D eigenvalue weighted by molar-refractivity contribution is 0.103. The van der Waals surface area contributed by atoms with Gasteiger partial charge in [-0.1, -0.05) is 49.7 Å². The van der Waals surface area contributed by atoms with E-state index in [-0.39, 0.29) is 5.78 Å². The lowest BCUT2D eigenvalue weighted by Gasteiger charge is -2.13. The van der Waals surface area contributed by atoms with Crippen LogP contribution in [0.5, 0.6) is 0 Å². The van der Waals surface area contributed by atoms with Crippen molar-refractivity contribution in [3.8, 4) is 0 Å². The molecule has 0 radical (unpaired) electrons. The van der Waals surface area contributed by atoms with Gasteiger partial charge in [-0.25, -0.2) is 0 Å². The third-order valence-corrected chi connectivity index (χ3v) is 3.29. The highest BCUT2D eigenvalue weighted by molar-refractivity contribution is 6.12. The first-order valence-corrected chi connectivity index (χ1v) is 6.50. The van der Waals surface area contributed by atoms with Crippen LogP contribution in [0.3, 0.4) is 0 Å².